The number of ether oxygens (including phenoxy) is 2. The smallest absolute Gasteiger partial charge is 0.254 e. The predicted octanol–water partition coefficient (Wildman–Crippen LogP) is 2.07. The molecule has 0 aliphatic carbocycles. The highest BCUT2D eigenvalue weighted by Crippen LogP contribution is 2.21. The van der Waals surface area contributed by atoms with Crippen molar-refractivity contribution in [1.29, 1.82) is 0 Å². The van der Waals surface area contributed by atoms with Gasteiger partial charge in [0.05, 0.1) is 17.1 Å². The first kappa shape index (κ1) is 15.8. The number of benzene rings is 1. The molecule has 0 spiro atoms. The van der Waals surface area contributed by atoms with E-state index in [-0.39, 0.29) is 12.2 Å². The molecule has 1 aromatic carbocycles. The highest BCUT2D eigenvalue weighted by molar-refractivity contribution is 6.34. The molecular formula is C13H19ClN2O3. The number of halogens is 1. The van der Waals surface area contributed by atoms with Crippen LogP contribution in [0.1, 0.15) is 10.4 Å². The zero-order chi connectivity index (χ0) is 14.4. The van der Waals surface area contributed by atoms with Crippen LogP contribution < -0.4 is 5.32 Å². The molecule has 1 amide bonds. The topological polar surface area (TPSA) is 50.8 Å². The summed E-state index contributed by atoms with van der Waals surface area (Å²) in [5.74, 6) is -0.135. The molecule has 1 rings (SSSR count). The zero-order valence-corrected chi connectivity index (χ0v) is 12.3. The lowest BCUT2D eigenvalue weighted by Gasteiger charge is -2.16. The second-order valence-corrected chi connectivity index (χ2v) is 4.58. The maximum atomic E-state index is 11.9. The molecule has 0 radical (unpaired) electrons. The van der Waals surface area contributed by atoms with Gasteiger partial charge >= 0.3 is 0 Å². The number of hydrogen-bond donors (Lipinski definition) is 1. The second-order valence-electron chi connectivity index (χ2n) is 4.18. The average Bonchev–Trinajstić information content (AvgIpc) is 2.40. The molecule has 0 saturated heterocycles. The van der Waals surface area contributed by atoms with Crippen LogP contribution in [0.3, 0.4) is 0 Å². The summed E-state index contributed by atoms with van der Waals surface area (Å²) in [5.41, 5.74) is 1.25. The molecule has 0 aliphatic heterocycles. The van der Waals surface area contributed by atoms with Gasteiger partial charge in [0.25, 0.3) is 5.91 Å². The van der Waals surface area contributed by atoms with Gasteiger partial charge in [-0.2, -0.15) is 0 Å². The summed E-state index contributed by atoms with van der Waals surface area (Å²) >= 11 is 6.03. The lowest BCUT2D eigenvalue weighted by molar-refractivity contribution is -0.0914. The van der Waals surface area contributed by atoms with Gasteiger partial charge < -0.3 is 19.7 Å². The van der Waals surface area contributed by atoms with E-state index in [9.17, 15) is 4.79 Å². The summed E-state index contributed by atoms with van der Waals surface area (Å²) < 4.78 is 10.1. The van der Waals surface area contributed by atoms with Crippen LogP contribution in [0.5, 0.6) is 0 Å². The quantitative estimate of drug-likeness (QED) is 0.814. The first-order chi connectivity index (χ1) is 8.99. The molecule has 0 atom stereocenters. The van der Waals surface area contributed by atoms with E-state index in [1.807, 2.05) is 0 Å². The number of methoxy groups -OCH3 is 2. The van der Waals surface area contributed by atoms with Gasteiger partial charge in [-0.05, 0) is 18.2 Å². The SMILES string of the molecule is COC(CNc1ccc(Cl)c(C(=O)N(C)C)c1)OC. The number of hydrogen-bond acceptors (Lipinski definition) is 4. The van der Waals surface area contributed by atoms with Crippen LogP contribution >= 0.6 is 11.6 Å². The molecule has 0 unspecified atom stereocenters. The molecule has 0 aliphatic rings. The third kappa shape index (κ3) is 4.38. The predicted molar refractivity (Wildman–Crippen MR) is 75.8 cm³/mol. The van der Waals surface area contributed by atoms with Crippen LogP contribution in [-0.2, 0) is 9.47 Å². The minimum absolute atomic E-state index is 0.135. The van der Waals surface area contributed by atoms with E-state index < -0.39 is 0 Å². The fraction of sp³-hybridized carbons (Fsp3) is 0.462. The molecule has 0 saturated carbocycles. The van der Waals surface area contributed by atoms with Gasteiger partial charge in [-0.3, -0.25) is 4.79 Å². The van der Waals surface area contributed by atoms with Crippen LogP contribution in [0.25, 0.3) is 0 Å². The lowest BCUT2D eigenvalue weighted by atomic mass is 10.1. The Hall–Kier alpha value is -1.30. The third-order valence-corrected chi connectivity index (χ3v) is 2.93. The molecule has 1 aromatic rings. The highest BCUT2D eigenvalue weighted by Gasteiger charge is 2.13. The van der Waals surface area contributed by atoms with Crippen molar-refractivity contribution in [3.05, 3.63) is 28.8 Å². The Bertz CT molecular complexity index is 434. The Kier molecular flexibility index (Phi) is 6.08. The average molecular weight is 287 g/mol. The summed E-state index contributed by atoms with van der Waals surface area (Å²) in [5, 5.41) is 3.56. The minimum Gasteiger partial charge on any atom is -0.380 e. The summed E-state index contributed by atoms with van der Waals surface area (Å²) in [6.07, 6.45) is -0.344. The third-order valence-electron chi connectivity index (χ3n) is 2.60. The van der Waals surface area contributed by atoms with Gasteiger partial charge in [0.15, 0.2) is 6.29 Å². The Morgan fingerprint density at radius 3 is 2.53 bits per heavy atom. The van der Waals surface area contributed by atoms with Crippen molar-refractivity contribution in [1.82, 2.24) is 4.90 Å². The van der Waals surface area contributed by atoms with Crippen molar-refractivity contribution in [2.24, 2.45) is 0 Å². The summed E-state index contributed by atoms with van der Waals surface area (Å²) in [6, 6.07) is 5.21. The zero-order valence-electron chi connectivity index (χ0n) is 11.6. The number of carbonyl (C=O) groups excluding carboxylic acids is 1. The van der Waals surface area contributed by atoms with Crippen molar-refractivity contribution in [3.63, 3.8) is 0 Å². The normalized spacial score (nSPS) is 10.6. The molecule has 1 N–H and O–H groups in total. The van der Waals surface area contributed by atoms with Crippen molar-refractivity contribution in [2.45, 2.75) is 6.29 Å². The number of rotatable bonds is 6. The van der Waals surface area contributed by atoms with E-state index in [0.717, 1.165) is 5.69 Å². The Morgan fingerprint density at radius 2 is 2.00 bits per heavy atom. The Labute approximate surface area is 118 Å². The van der Waals surface area contributed by atoms with E-state index in [2.05, 4.69) is 5.32 Å². The number of amides is 1. The lowest BCUT2D eigenvalue weighted by Crippen LogP contribution is -2.24. The van der Waals surface area contributed by atoms with Crippen molar-refractivity contribution >= 4 is 23.2 Å². The molecule has 0 heterocycles. The maximum Gasteiger partial charge on any atom is 0.254 e. The minimum atomic E-state index is -0.344. The number of nitrogens with one attached hydrogen (secondary N) is 1. The van der Waals surface area contributed by atoms with Gasteiger partial charge in [-0.25, -0.2) is 0 Å². The molecule has 0 bridgehead atoms. The van der Waals surface area contributed by atoms with Crippen LogP contribution in [0.4, 0.5) is 5.69 Å². The fourth-order valence-corrected chi connectivity index (χ4v) is 1.70. The number of carbonyl (C=O) groups is 1. The fourth-order valence-electron chi connectivity index (χ4n) is 1.50. The van der Waals surface area contributed by atoms with Crippen LogP contribution in [0.2, 0.25) is 5.02 Å². The summed E-state index contributed by atoms with van der Waals surface area (Å²) in [4.78, 5) is 13.4. The van der Waals surface area contributed by atoms with Crippen molar-refractivity contribution < 1.29 is 14.3 Å². The van der Waals surface area contributed by atoms with Gasteiger partial charge in [0, 0.05) is 34.0 Å². The van der Waals surface area contributed by atoms with Gasteiger partial charge in [-0.1, -0.05) is 11.6 Å². The van der Waals surface area contributed by atoms with Crippen LogP contribution in [0, 0.1) is 0 Å². The monoisotopic (exact) mass is 286 g/mol. The van der Waals surface area contributed by atoms with Gasteiger partial charge in [0.2, 0.25) is 0 Å². The highest BCUT2D eigenvalue weighted by atomic mass is 35.5. The second kappa shape index (κ2) is 7.33. The Morgan fingerprint density at radius 1 is 1.37 bits per heavy atom. The standard InChI is InChI=1S/C13H19ClN2O3/c1-16(2)13(17)10-7-9(5-6-11(10)14)15-8-12(18-3)19-4/h5-7,12,15H,8H2,1-4H3. The van der Waals surface area contributed by atoms with E-state index >= 15 is 0 Å². The summed E-state index contributed by atoms with van der Waals surface area (Å²) in [7, 11) is 6.51. The van der Waals surface area contributed by atoms with Crippen molar-refractivity contribution in [2.75, 3.05) is 40.2 Å². The molecule has 19 heavy (non-hydrogen) atoms. The molecule has 0 aromatic heterocycles. The van der Waals surface area contributed by atoms with E-state index in [1.165, 1.54) is 4.90 Å². The van der Waals surface area contributed by atoms with Crippen LogP contribution in [-0.4, -0.2) is 52.0 Å². The maximum absolute atomic E-state index is 11.9. The largest absolute Gasteiger partial charge is 0.380 e. The molecule has 0 fully saturated rings. The first-order valence-electron chi connectivity index (χ1n) is 5.80. The van der Waals surface area contributed by atoms with Gasteiger partial charge in [-0.15, -0.1) is 0 Å². The van der Waals surface area contributed by atoms with E-state index in [0.29, 0.717) is 17.1 Å². The summed E-state index contributed by atoms with van der Waals surface area (Å²) in [6.45, 7) is 0.476. The van der Waals surface area contributed by atoms with E-state index in [1.54, 1.807) is 46.5 Å². The Balaban J connectivity index is 2.81. The van der Waals surface area contributed by atoms with Gasteiger partial charge in [0.1, 0.15) is 0 Å². The molecular weight excluding hydrogens is 268 g/mol. The van der Waals surface area contributed by atoms with E-state index in [4.69, 9.17) is 21.1 Å². The number of nitrogens with zero attached hydrogens (tertiary/aromatic N) is 1. The molecule has 6 heteroatoms. The molecule has 5 nitrogen and oxygen atoms in total. The first-order valence-corrected chi connectivity index (χ1v) is 6.18. The molecule has 106 valence electrons. The van der Waals surface area contributed by atoms with Crippen molar-refractivity contribution in [3.8, 4) is 0 Å². The van der Waals surface area contributed by atoms with Crippen LogP contribution in [0.15, 0.2) is 18.2 Å². The number of anilines is 1.